The van der Waals surface area contributed by atoms with Gasteiger partial charge in [-0.25, -0.2) is 0 Å². The fourth-order valence-electron chi connectivity index (χ4n) is 1.94. The summed E-state index contributed by atoms with van der Waals surface area (Å²) in [6, 6.07) is 5.56. The summed E-state index contributed by atoms with van der Waals surface area (Å²) in [6.07, 6.45) is 1.57. The van der Waals surface area contributed by atoms with Crippen LogP contribution in [0.5, 0.6) is 17.2 Å². The van der Waals surface area contributed by atoms with E-state index in [1.54, 1.807) is 0 Å². The molecule has 2 aliphatic heterocycles. The van der Waals surface area contributed by atoms with E-state index in [0.717, 1.165) is 43.3 Å². The third kappa shape index (κ3) is 2.68. The molecule has 0 aromatic heterocycles. The fourth-order valence-corrected chi connectivity index (χ4v) is 1.94. The molecule has 1 aromatic carbocycles. The van der Waals surface area contributed by atoms with Crippen molar-refractivity contribution < 1.29 is 23.7 Å². The Kier molecular flexibility index (Phi) is 3.52. The lowest BCUT2D eigenvalue weighted by molar-refractivity contribution is -0.183. The van der Waals surface area contributed by atoms with Crippen LogP contribution in [0.15, 0.2) is 18.2 Å². The van der Waals surface area contributed by atoms with E-state index >= 15 is 0 Å². The van der Waals surface area contributed by atoms with Crippen molar-refractivity contribution in [2.75, 3.05) is 26.6 Å². The van der Waals surface area contributed by atoms with Crippen molar-refractivity contribution in [3.63, 3.8) is 0 Å². The lowest BCUT2D eigenvalue weighted by Gasteiger charge is -2.23. The number of benzene rings is 1. The van der Waals surface area contributed by atoms with Crippen molar-refractivity contribution in [3.8, 4) is 17.2 Å². The summed E-state index contributed by atoms with van der Waals surface area (Å²) < 4.78 is 27.0. The number of fused-ring (bicyclic) bond motifs is 1. The van der Waals surface area contributed by atoms with Crippen LogP contribution in [0.1, 0.15) is 12.8 Å². The SMILES string of the molecule is c1cc2c(cc1OCCC1OCCCO1)OCO2. The predicted molar refractivity (Wildman–Crippen MR) is 63.0 cm³/mol. The molecule has 0 unspecified atom stereocenters. The van der Waals surface area contributed by atoms with Crippen LogP contribution in [-0.4, -0.2) is 32.9 Å². The quantitative estimate of drug-likeness (QED) is 0.819. The van der Waals surface area contributed by atoms with Crippen LogP contribution in [0, 0.1) is 0 Å². The van der Waals surface area contributed by atoms with E-state index in [4.69, 9.17) is 23.7 Å². The van der Waals surface area contributed by atoms with Gasteiger partial charge in [0.25, 0.3) is 0 Å². The summed E-state index contributed by atoms with van der Waals surface area (Å²) in [5.41, 5.74) is 0. The van der Waals surface area contributed by atoms with Crippen LogP contribution >= 0.6 is 0 Å². The highest BCUT2D eigenvalue weighted by Gasteiger charge is 2.15. The number of rotatable bonds is 4. The topological polar surface area (TPSA) is 46.2 Å². The standard InChI is InChI=1S/C13H16O5/c1-5-15-13(16-6-1)4-7-14-10-2-3-11-12(8-10)18-9-17-11/h2-3,8,13H,1,4-7,9H2. The highest BCUT2D eigenvalue weighted by atomic mass is 16.7. The van der Waals surface area contributed by atoms with E-state index < -0.39 is 0 Å². The van der Waals surface area contributed by atoms with Crippen LogP contribution in [0.2, 0.25) is 0 Å². The summed E-state index contributed by atoms with van der Waals surface area (Å²) in [6.45, 7) is 2.39. The van der Waals surface area contributed by atoms with Gasteiger partial charge in [0.2, 0.25) is 6.79 Å². The van der Waals surface area contributed by atoms with Gasteiger partial charge < -0.3 is 23.7 Å². The van der Waals surface area contributed by atoms with E-state index in [9.17, 15) is 0 Å². The van der Waals surface area contributed by atoms with E-state index in [2.05, 4.69) is 0 Å². The van der Waals surface area contributed by atoms with Gasteiger partial charge in [-0.2, -0.15) is 0 Å². The van der Waals surface area contributed by atoms with E-state index in [-0.39, 0.29) is 13.1 Å². The number of hydrogen-bond acceptors (Lipinski definition) is 5. The Labute approximate surface area is 106 Å². The molecule has 0 N–H and O–H groups in total. The summed E-state index contributed by atoms with van der Waals surface area (Å²) in [4.78, 5) is 0. The van der Waals surface area contributed by atoms with Crippen LogP contribution in [0.4, 0.5) is 0 Å². The second-order valence-electron chi connectivity index (χ2n) is 4.18. The van der Waals surface area contributed by atoms with Crippen LogP contribution in [0.25, 0.3) is 0 Å². The molecular formula is C13H16O5. The molecule has 0 bridgehead atoms. The van der Waals surface area contributed by atoms with Crippen LogP contribution in [-0.2, 0) is 9.47 Å². The lowest BCUT2D eigenvalue weighted by Crippen LogP contribution is -2.26. The Morgan fingerprint density at radius 2 is 1.94 bits per heavy atom. The average Bonchev–Trinajstić information content (AvgIpc) is 2.87. The minimum absolute atomic E-state index is 0.132. The minimum atomic E-state index is -0.132. The molecule has 1 saturated heterocycles. The largest absolute Gasteiger partial charge is 0.493 e. The maximum Gasteiger partial charge on any atom is 0.231 e. The Bertz CT molecular complexity index is 400. The second kappa shape index (κ2) is 5.46. The third-order valence-corrected chi connectivity index (χ3v) is 2.86. The van der Waals surface area contributed by atoms with Gasteiger partial charge in [-0.15, -0.1) is 0 Å². The molecule has 0 radical (unpaired) electrons. The van der Waals surface area contributed by atoms with Crippen LogP contribution in [0.3, 0.4) is 0 Å². The molecule has 0 aliphatic carbocycles. The molecule has 0 spiro atoms. The van der Waals surface area contributed by atoms with E-state index in [1.165, 1.54) is 0 Å². The first-order valence-electron chi connectivity index (χ1n) is 6.17. The van der Waals surface area contributed by atoms with Crippen molar-refractivity contribution in [1.82, 2.24) is 0 Å². The van der Waals surface area contributed by atoms with Gasteiger partial charge in [-0.3, -0.25) is 0 Å². The third-order valence-electron chi connectivity index (χ3n) is 2.86. The summed E-state index contributed by atoms with van der Waals surface area (Å²) >= 11 is 0. The zero-order chi connectivity index (χ0) is 12.2. The first kappa shape index (κ1) is 11.6. The molecule has 5 heteroatoms. The Hall–Kier alpha value is -1.46. The molecule has 98 valence electrons. The van der Waals surface area contributed by atoms with Gasteiger partial charge in [0.05, 0.1) is 19.8 Å². The number of hydrogen-bond donors (Lipinski definition) is 0. The molecule has 2 heterocycles. The van der Waals surface area contributed by atoms with E-state index in [0.29, 0.717) is 6.61 Å². The normalized spacial score (nSPS) is 18.9. The van der Waals surface area contributed by atoms with Gasteiger partial charge in [0, 0.05) is 12.5 Å². The Morgan fingerprint density at radius 1 is 1.11 bits per heavy atom. The van der Waals surface area contributed by atoms with Crippen LogP contribution < -0.4 is 14.2 Å². The van der Waals surface area contributed by atoms with Crippen molar-refractivity contribution >= 4 is 0 Å². The van der Waals surface area contributed by atoms with Gasteiger partial charge in [-0.1, -0.05) is 0 Å². The van der Waals surface area contributed by atoms with Gasteiger partial charge in [0.15, 0.2) is 17.8 Å². The number of ether oxygens (including phenoxy) is 5. The second-order valence-corrected chi connectivity index (χ2v) is 4.18. The first-order chi connectivity index (χ1) is 8.92. The van der Waals surface area contributed by atoms with E-state index in [1.807, 2.05) is 18.2 Å². The lowest BCUT2D eigenvalue weighted by atomic mass is 10.3. The fraction of sp³-hybridized carbons (Fsp3) is 0.538. The monoisotopic (exact) mass is 252 g/mol. The van der Waals surface area contributed by atoms with Crippen molar-refractivity contribution in [2.45, 2.75) is 19.1 Å². The highest BCUT2D eigenvalue weighted by molar-refractivity contribution is 5.46. The van der Waals surface area contributed by atoms with Crippen molar-refractivity contribution in [3.05, 3.63) is 18.2 Å². The molecule has 1 aromatic rings. The molecule has 0 saturated carbocycles. The maximum atomic E-state index is 5.64. The molecular weight excluding hydrogens is 236 g/mol. The highest BCUT2D eigenvalue weighted by Crippen LogP contribution is 2.35. The molecule has 0 amide bonds. The molecule has 2 aliphatic rings. The van der Waals surface area contributed by atoms with Crippen molar-refractivity contribution in [2.24, 2.45) is 0 Å². The molecule has 5 nitrogen and oxygen atoms in total. The average molecular weight is 252 g/mol. The molecule has 18 heavy (non-hydrogen) atoms. The molecule has 1 fully saturated rings. The zero-order valence-corrected chi connectivity index (χ0v) is 10.1. The maximum absolute atomic E-state index is 5.64. The first-order valence-corrected chi connectivity index (χ1v) is 6.17. The Morgan fingerprint density at radius 3 is 2.83 bits per heavy atom. The smallest absolute Gasteiger partial charge is 0.231 e. The molecule has 3 rings (SSSR count). The summed E-state index contributed by atoms with van der Waals surface area (Å²) in [7, 11) is 0. The van der Waals surface area contributed by atoms with Gasteiger partial charge in [-0.05, 0) is 18.6 Å². The summed E-state index contributed by atoms with van der Waals surface area (Å²) in [5.74, 6) is 2.27. The van der Waals surface area contributed by atoms with Crippen molar-refractivity contribution in [1.29, 1.82) is 0 Å². The Balaban J connectivity index is 1.48. The minimum Gasteiger partial charge on any atom is -0.493 e. The zero-order valence-electron chi connectivity index (χ0n) is 10.1. The molecule has 0 atom stereocenters. The predicted octanol–water partition coefficient (Wildman–Crippen LogP) is 1.95. The van der Waals surface area contributed by atoms with Gasteiger partial charge in [0.1, 0.15) is 5.75 Å². The summed E-state index contributed by atoms with van der Waals surface area (Å²) in [5, 5.41) is 0. The van der Waals surface area contributed by atoms with Gasteiger partial charge >= 0.3 is 0 Å².